The lowest BCUT2D eigenvalue weighted by molar-refractivity contribution is -0.385. The van der Waals surface area contributed by atoms with Gasteiger partial charge in [-0.15, -0.1) is 0 Å². The molecule has 0 aromatic heterocycles. The molecule has 7 nitrogen and oxygen atoms in total. The lowest BCUT2D eigenvalue weighted by Gasteiger charge is -2.13. The summed E-state index contributed by atoms with van der Waals surface area (Å²) in [5.74, 6) is 0.144. The number of nitro groups is 1. The van der Waals surface area contributed by atoms with E-state index in [4.69, 9.17) is 0 Å². The lowest BCUT2D eigenvalue weighted by Crippen LogP contribution is -2.28. The van der Waals surface area contributed by atoms with Gasteiger partial charge in [0.15, 0.2) is 0 Å². The summed E-state index contributed by atoms with van der Waals surface area (Å²) in [6.07, 6.45) is 0.815. The fraction of sp³-hybridized carbons (Fsp3) is 0.538. The highest BCUT2D eigenvalue weighted by Crippen LogP contribution is 2.26. The smallest absolute Gasteiger partial charge is 0.270 e. The fourth-order valence-electron chi connectivity index (χ4n) is 1.61. The van der Waals surface area contributed by atoms with Crippen molar-refractivity contribution in [2.45, 2.75) is 32.1 Å². The largest absolute Gasteiger partial charge is 0.384 e. The van der Waals surface area contributed by atoms with E-state index in [0.717, 1.165) is 12.5 Å². The van der Waals surface area contributed by atoms with Crippen LogP contribution in [0, 0.1) is 16.0 Å². The van der Waals surface area contributed by atoms with E-state index in [2.05, 4.69) is 10.0 Å². The van der Waals surface area contributed by atoms with Crippen LogP contribution in [-0.4, -0.2) is 26.4 Å². The molecule has 0 aliphatic heterocycles. The maximum Gasteiger partial charge on any atom is 0.270 e. The van der Waals surface area contributed by atoms with E-state index in [1.165, 1.54) is 12.1 Å². The number of hydrogen-bond acceptors (Lipinski definition) is 5. The van der Waals surface area contributed by atoms with Crippen LogP contribution < -0.4 is 10.0 Å². The highest BCUT2D eigenvalue weighted by molar-refractivity contribution is 7.89. The molecule has 0 aliphatic carbocycles. The molecule has 0 aliphatic rings. The third-order valence-corrected chi connectivity index (χ3v) is 4.18. The number of sulfonamides is 1. The maximum atomic E-state index is 12.3. The molecule has 0 radical (unpaired) electrons. The van der Waals surface area contributed by atoms with E-state index in [1.54, 1.807) is 0 Å². The summed E-state index contributed by atoms with van der Waals surface area (Å²) >= 11 is 0. The van der Waals surface area contributed by atoms with Gasteiger partial charge >= 0.3 is 0 Å². The fourth-order valence-corrected chi connectivity index (χ4v) is 3.02. The molecule has 0 saturated carbocycles. The third-order valence-electron chi connectivity index (χ3n) is 2.71. The third kappa shape index (κ3) is 4.98. The number of nitro benzene ring substituents is 1. The minimum atomic E-state index is -3.79. The molecule has 0 amide bonds. The molecule has 0 saturated heterocycles. The van der Waals surface area contributed by atoms with Crippen LogP contribution in [-0.2, 0) is 10.0 Å². The zero-order valence-electron chi connectivity index (χ0n) is 12.4. The number of rotatable bonds is 8. The first kappa shape index (κ1) is 17.4. The topological polar surface area (TPSA) is 101 Å². The van der Waals surface area contributed by atoms with Gasteiger partial charge in [-0.25, -0.2) is 13.1 Å². The van der Waals surface area contributed by atoms with E-state index < -0.39 is 14.9 Å². The summed E-state index contributed by atoms with van der Waals surface area (Å²) in [5.41, 5.74) is 0.126. The quantitative estimate of drug-likeness (QED) is 0.566. The zero-order valence-corrected chi connectivity index (χ0v) is 13.2. The first-order valence-electron chi connectivity index (χ1n) is 6.80. The number of nitrogens with zero attached hydrogens (tertiary/aromatic N) is 1. The van der Waals surface area contributed by atoms with Gasteiger partial charge in [-0.2, -0.15) is 0 Å². The first-order chi connectivity index (χ1) is 9.77. The van der Waals surface area contributed by atoms with Crippen molar-refractivity contribution < 1.29 is 13.3 Å². The number of hydrogen-bond donors (Lipinski definition) is 2. The van der Waals surface area contributed by atoms with Gasteiger partial charge in [0.25, 0.3) is 5.69 Å². The summed E-state index contributed by atoms with van der Waals surface area (Å²) in [5, 5.41) is 13.8. The molecule has 0 unspecified atom stereocenters. The first-order valence-corrected chi connectivity index (χ1v) is 8.28. The average molecular weight is 315 g/mol. The van der Waals surface area contributed by atoms with E-state index >= 15 is 0 Å². The predicted octanol–water partition coefficient (Wildman–Crippen LogP) is 2.35. The minimum absolute atomic E-state index is 0.0919. The second-order valence-corrected chi connectivity index (χ2v) is 6.85. The monoisotopic (exact) mass is 315 g/mol. The Labute approximate surface area is 124 Å². The molecule has 0 heterocycles. The highest BCUT2D eigenvalue weighted by Gasteiger charge is 2.22. The van der Waals surface area contributed by atoms with Crippen molar-refractivity contribution in [1.82, 2.24) is 4.72 Å². The summed E-state index contributed by atoms with van der Waals surface area (Å²) in [4.78, 5) is 10.1. The van der Waals surface area contributed by atoms with Gasteiger partial charge in [0.05, 0.1) is 10.6 Å². The normalized spacial score (nSPS) is 11.6. The van der Waals surface area contributed by atoms with Gasteiger partial charge in [0, 0.05) is 25.2 Å². The van der Waals surface area contributed by atoms with Crippen LogP contribution >= 0.6 is 0 Å². The Morgan fingerprint density at radius 2 is 2.00 bits per heavy atom. The molecule has 0 atom stereocenters. The Morgan fingerprint density at radius 1 is 1.33 bits per heavy atom. The standard InChI is InChI=1S/C13H21N3O4S/c1-4-7-14-12-6-5-11(16(17)18)8-13(12)21(19,20)15-9-10(2)3/h5-6,8,10,14-15H,4,7,9H2,1-3H3. The van der Waals surface area contributed by atoms with Crippen molar-refractivity contribution >= 4 is 21.4 Å². The van der Waals surface area contributed by atoms with Gasteiger partial charge in [0.2, 0.25) is 10.0 Å². The van der Waals surface area contributed by atoms with Crippen LogP contribution in [0.25, 0.3) is 0 Å². The van der Waals surface area contributed by atoms with Gasteiger partial charge in [-0.3, -0.25) is 10.1 Å². The zero-order chi connectivity index (χ0) is 16.0. The summed E-state index contributed by atoms with van der Waals surface area (Å²) in [6.45, 7) is 6.57. The Morgan fingerprint density at radius 3 is 2.52 bits per heavy atom. The van der Waals surface area contributed by atoms with Crippen LogP contribution in [0.1, 0.15) is 27.2 Å². The maximum absolute atomic E-state index is 12.3. The van der Waals surface area contributed by atoms with Crippen molar-refractivity contribution in [3.8, 4) is 0 Å². The van der Waals surface area contributed by atoms with Crippen LogP contribution in [0.2, 0.25) is 0 Å². The minimum Gasteiger partial charge on any atom is -0.384 e. The molecule has 0 spiro atoms. The molecule has 21 heavy (non-hydrogen) atoms. The van der Waals surface area contributed by atoms with E-state index in [9.17, 15) is 18.5 Å². The van der Waals surface area contributed by atoms with Crippen LogP contribution in [0.3, 0.4) is 0 Å². The molecule has 0 fully saturated rings. The van der Waals surface area contributed by atoms with E-state index in [0.29, 0.717) is 12.2 Å². The van der Waals surface area contributed by atoms with Gasteiger partial charge in [0.1, 0.15) is 4.90 Å². The highest BCUT2D eigenvalue weighted by atomic mass is 32.2. The lowest BCUT2D eigenvalue weighted by atomic mass is 10.2. The summed E-state index contributed by atoms with van der Waals surface area (Å²) in [7, 11) is -3.79. The van der Waals surface area contributed by atoms with Crippen molar-refractivity contribution in [2.24, 2.45) is 5.92 Å². The second kappa shape index (κ2) is 7.37. The van der Waals surface area contributed by atoms with Crippen molar-refractivity contribution in [1.29, 1.82) is 0 Å². The van der Waals surface area contributed by atoms with Crippen LogP contribution in [0.4, 0.5) is 11.4 Å². The molecule has 1 aromatic carbocycles. The van der Waals surface area contributed by atoms with Gasteiger partial charge < -0.3 is 5.32 Å². The summed E-state index contributed by atoms with van der Waals surface area (Å²) in [6, 6.07) is 3.80. The van der Waals surface area contributed by atoms with Crippen LogP contribution in [0.15, 0.2) is 23.1 Å². The summed E-state index contributed by atoms with van der Waals surface area (Å²) < 4.78 is 27.1. The van der Waals surface area contributed by atoms with Gasteiger partial charge in [-0.1, -0.05) is 20.8 Å². The molecule has 0 bridgehead atoms. The second-order valence-electron chi connectivity index (χ2n) is 5.11. The molecular formula is C13H21N3O4S. The Bertz CT molecular complexity index is 599. The van der Waals surface area contributed by atoms with Gasteiger partial charge in [-0.05, 0) is 18.4 Å². The molecule has 1 rings (SSSR count). The van der Waals surface area contributed by atoms with Crippen molar-refractivity contribution in [2.75, 3.05) is 18.4 Å². The van der Waals surface area contributed by atoms with Crippen molar-refractivity contribution in [3.63, 3.8) is 0 Å². The molecular weight excluding hydrogens is 294 g/mol. The van der Waals surface area contributed by atoms with Crippen LogP contribution in [0.5, 0.6) is 0 Å². The molecule has 2 N–H and O–H groups in total. The Kier molecular flexibility index (Phi) is 6.10. The van der Waals surface area contributed by atoms with E-state index in [-0.39, 0.29) is 23.0 Å². The van der Waals surface area contributed by atoms with Crippen molar-refractivity contribution in [3.05, 3.63) is 28.3 Å². The molecule has 8 heteroatoms. The molecule has 1 aromatic rings. The molecule has 118 valence electrons. The SMILES string of the molecule is CCCNc1ccc([N+](=O)[O-])cc1S(=O)(=O)NCC(C)C. The number of benzene rings is 1. The number of non-ortho nitro benzene ring substituents is 1. The Balaban J connectivity index is 3.21. The average Bonchev–Trinajstić information content (AvgIpc) is 2.42. The van der Waals surface area contributed by atoms with E-state index in [1.807, 2.05) is 20.8 Å². The Hall–Kier alpha value is -1.67. The predicted molar refractivity (Wildman–Crippen MR) is 81.9 cm³/mol. The number of nitrogens with one attached hydrogen (secondary N) is 2. The number of anilines is 1.